The van der Waals surface area contributed by atoms with Crippen LogP contribution in [-0.2, 0) is 9.31 Å². The van der Waals surface area contributed by atoms with Crippen LogP contribution < -0.4 is 10.1 Å². The van der Waals surface area contributed by atoms with Crippen molar-refractivity contribution in [2.75, 3.05) is 12.4 Å². The second-order valence-electron chi connectivity index (χ2n) is 11.4. The van der Waals surface area contributed by atoms with Crippen LogP contribution in [0.1, 0.15) is 73.1 Å². The zero-order valence-electron chi connectivity index (χ0n) is 20.9. The van der Waals surface area contributed by atoms with E-state index in [9.17, 15) is 0 Å². The van der Waals surface area contributed by atoms with Gasteiger partial charge < -0.3 is 19.4 Å². The Morgan fingerprint density at radius 2 is 1.76 bits per heavy atom. The van der Waals surface area contributed by atoms with E-state index in [1.807, 2.05) is 22.7 Å². The predicted octanol–water partition coefficient (Wildman–Crippen LogP) is 4.84. The number of nitrogens with one attached hydrogen (secondary N) is 1. The van der Waals surface area contributed by atoms with Gasteiger partial charge in [-0.2, -0.15) is 4.52 Å². The maximum absolute atomic E-state index is 6.27. The van der Waals surface area contributed by atoms with Gasteiger partial charge in [0.2, 0.25) is 5.95 Å². The number of anilines is 1. The van der Waals surface area contributed by atoms with Crippen LogP contribution in [-0.4, -0.2) is 50.6 Å². The second kappa shape index (κ2) is 7.31. The lowest BCUT2D eigenvalue weighted by atomic mass is 9.56. The molecule has 3 aromatic rings. The fourth-order valence-electron chi connectivity index (χ4n) is 4.55. The van der Waals surface area contributed by atoms with Crippen LogP contribution in [0, 0.1) is 0 Å². The SMILES string of the molecule is COc1cccc2c1nc(NC(C)(C)C)n1nc([C@H]3C[C@H](B4OC(C)(C)C(C)(C)O4)C3)nc21. The number of methoxy groups -OCH3 is 1. The smallest absolute Gasteiger partial charge is 0.461 e. The van der Waals surface area contributed by atoms with E-state index in [1.54, 1.807) is 7.11 Å². The Kier molecular flexibility index (Phi) is 4.96. The molecule has 8 nitrogen and oxygen atoms in total. The van der Waals surface area contributed by atoms with Crippen molar-refractivity contribution in [2.24, 2.45) is 0 Å². The highest BCUT2D eigenvalue weighted by atomic mass is 16.7. The summed E-state index contributed by atoms with van der Waals surface area (Å²) < 4.78 is 19.9. The standard InChI is InChI=1S/C24H34BN5O3/c1-22(2,3)28-21-26-18-16(10-9-11-17(18)31-8)20-27-19(29-30(20)21)14-12-15(13-14)25-32-23(4,5)24(6,7)33-25/h9-11,14-15H,12-13H2,1-8H3,(H,26,28)/t14-,15-. The molecule has 0 amide bonds. The molecule has 1 saturated heterocycles. The molecule has 1 N–H and O–H groups in total. The molecule has 9 heteroatoms. The minimum atomic E-state index is -0.304. The number of benzene rings is 1. The van der Waals surface area contributed by atoms with E-state index >= 15 is 0 Å². The molecule has 0 radical (unpaired) electrons. The first-order valence-corrected chi connectivity index (χ1v) is 11.8. The fraction of sp³-hybridized carbons (Fsp3) is 0.625. The van der Waals surface area contributed by atoms with Crippen molar-refractivity contribution in [1.82, 2.24) is 19.6 Å². The molecular weight excluding hydrogens is 417 g/mol. The van der Waals surface area contributed by atoms with Gasteiger partial charge in [0.05, 0.1) is 18.3 Å². The second-order valence-corrected chi connectivity index (χ2v) is 11.4. The molecule has 3 heterocycles. The van der Waals surface area contributed by atoms with Crippen molar-refractivity contribution in [3.05, 3.63) is 24.0 Å². The van der Waals surface area contributed by atoms with Crippen molar-refractivity contribution >= 4 is 29.6 Å². The summed E-state index contributed by atoms with van der Waals surface area (Å²) in [5.41, 5.74) is 0.782. The minimum Gasteiger partial charge on any atom is -0.494 e. The molecule has 33 heavy (non-hydrogen) atoms. The van der Waals surface area contributed by atoms with Gasteiger partial charge in [-0.1, -0.05) is 6.07 Å². The van der Waals surface area contributed by atoms with Gasteiger partial charge in [-0.05, 0) is 79.3 Å². The lowest BCUT2D eigenvalue weighted by molar-refractivity contribution is 0.00578. The molecule has 0 unspecified atom stereocenters. The first-order chi connectivity index (χ1) is 15.4. The van der Waals surface area contributed by atoms with E-state index in [0.29, 0.717) is 11.8 Å². The number of rotatable bonds is 4. The summed E-state index contributed by atoms with van der Waals surface area (Å²) in [6, 6.07) is 5.91. The summed E-state index contributed by atoms with van der Waals surface area (Å²) in [5, 5.41) is 9.31. The highest BCUT2D eigenvalue weighted by Gasteiger charge is 2.56. The fourth-order valence-corrected chi connectivity index (χ4v) is 4.55. The number of para-hydroxylation sites is 1. The van der Waals surface area contributed by atoms with Crippen molar-refractivity contribution in [3.8, 4) is 5.75 Å². The van der Waals surface area contributed by atoms with Gasteiger partial charge in [-0.3, -0.25) is 0 Å². The molecule has 1 aromatic carbocycles. The third-order valence-corrected chi connectivity index (χ3v) is 7.18. The van der Waals surface area contributed by atoms with Crippen molar-refractivity contribution in [2.45, 2.75) is 89.8 Å². The number of hydrogen-bond donors (Lipinski definition) is 1. The Balaban J connectivity index is 1.47. The third-order valence-electron chi connectivity index (χ3n) is 7.18. The van der Waals surface area contributed by atoms with Gasteiger partial charge >= 0.3 is 7.12 Å². The molecule has 5 rings (SSSR count). The lowest BCUT2D eigenvalue weighted by Crippen LogP contribution is -2.41. The van der Waals surface area contributed by atoms with E-state index in [-0.39, 0.29) is 29.8 Å². The molecule has 0 spiro atoms. The number of aromatic nitrogens is 4. The third kappa shape index (κ3) is 3.75. The topological polar surface area (TPSA) is 82.8 Å². The van der Waals surface area contributed by atoms with Crippen LogP contribution in [0.3, 0.4) is 0 Å². The van der Waals surface area contributed by atoms with Crippen LogP contribution in [0.5, 0.6) is 5.75 Å². The largest absolute Gasteiger partial charge is 0.494 e. The molecule has 176 valence electrons. The zero-order valence-corrected chi connectivity index (χ0v) is 20.9. The van der Waals surface area contributed by atoms with Gasteiger partial charge in [0.25, 0.3) is 0 Å². The molecule has 1 aliphatic carbocycles. The van der Waals surface area contributed by atoms with Crippen LogP contribution in [0.15, 0.2) is 18.2 Å². The lowest BCUT2D eigenvalue weighted by Gasteiger charge is -2.34. The average molecular weight is 451 g/mol. The monoisotopic (exact) mass is 451 g/mol. The van der Waals surface area contributed by atoms with Gasteiger partial charge in [-0.25, -0.2) is 9.97 Å². The average Bonchev–Trinajstić information content (AvgIpc) is 3.18. The van der Waals surface area contributed by atoms with Gasteiger partial charge in [-0.15, -0.1) is 5.10 Å². The van der Waals surface area contributed by atoms with Crippen molar-refractivity contribution in [3.63, 3.8) is 0 Å². The summed E-state index contributed by atoms with van der Waals surface area (Å²) in [6.07, 6.45) is 1.90. The number of nitrogens with zero attached hydrogens (tertiary/aromatic N) is 4. The van der Waals surface area contributed by atoms with E-state index in [0.717, 1.165) is 41.0 Å². The summed E-state index contributed by atoms with van der Waals surface area (Å²) in [5.74, 6) is 2.86. The molecule has 1 saturated carbocycles. The van der Waals surface area contributed by atoms with Crippen LogP contribution in [0.4, 0.5) is 5.95 Å². The van der Waals surface area contributed by atoms with Gasteiger partial charge in [0.15, 0.2) is 11.5 Å². The zero-order chi connectivity index (χ0) is 23.8. The summed E-state index contributed by atoms with van der Waals surface area (Å²) in [6.45, 7) is 14.7. The van der Waals surface area contributed by atoms with E-state index in [4.69, 9.17) is 29.1 Å². The maximum Gasteiger partial charge on any atom is 0.461 e. The van der Waals surface area contributed by atoms with Crippen LogP contribution in [0.2, 0.25) is 5.82 Å². The van der Waals surface area contributed by atoms with E-state index in [2.05, 4.69) is 53.8 Å². The Labute approximate surface area is 195 Å². The quantitative estimate of drug-likeness (QED) is 0.569. The van der Waals surface area contributed by atoms with Gasteiger partial charge in [0, 0.05) is 16.8 Å². The first-order valence-electron chi connectivity index (χ1n) is 11.8. The summed E-state index contributed by atoms with van der Waals surface area (Å²) >= 11 is 0. The molecule has 0 bridgehead atoms. The molecule has 2 aliphatic rings. The minimum absolute atomic E-state index is 0.173. The first kappa shape index (κ1) is 22.4. The Morgan fingerprint density at radius 1 is 1.09 bits per heavy atom. The van der Waals surface area contributed by atoms with E-state index in [1.165, 1.54) is 0 Å². The van der Waals surface area contributed by atoms with Crippen LogP contribution >= 0.6 is 0 Å². The number of ether oxygens (including phenoxy) is 1. The Hall–Kier alpha value is -2.39. The van der Waals surface area contributed by atoms with Crippen molar-refractivity contribution < 1.29 is 14.0 Å². The molecule has 2 aromatic heterocycles. The molecule has 1 aliphatic heterocycles. The Bertz CT molecular complexity index is 1190. The maximum atomic E-state index is 6.27. The molecule has 0 atom stereocenters. The van der Waals surface area contributed by atoms with E-state index < -0.39 is 0 Å². The number of hydrogen-bond acceptors (Lipinski definition) is 7. The number of fused-ring (bicyclic) bond motifs is 3. The molecule has 2 fully saturated rings. The normalized spacial score (nSPS) is 24.3. The summed E-state index contributed by atoms with van der Waals surface area (Å²) in [7, 11) is 1.49. The summed E-state index contributed by atoms with van der Waals surface area (Å²) in [4.78, 5) is 9.85. The predicted molar refractivity (Wildman–Crippen MR) is 130 cm³/mol. The molecular formula is C24H34BN5O3. The van der Waals surface area contributed by atoms with Crippen molar-refractivity contribution in [1.29, 1.82) is 0 Å². The highest BCUT2D eigenvalue weighted by molar-refractivity contribution is 6.47. The Morgan fingerprint density at radius 3 is 2.36 bits per heavy atom. The highest BCUT2D eigenvalue weighted by Crippen LogP contribution is 2.51. The van der Waals surface area contributed by atoms with Gasteiger partial charge in [0.1, 0.15) is 11.3 Å². The van der Waals surface area contributed by atoms with Crippen LogP contribution in [0.25, 0.3) is 16.6 Å².